The van der Waals surface area contributed by atoms with Gasteiger partial charge in [-0.3, -0.25) is 0 Å². The molecule has 0 radical (unpaired) electrons. The molecule has 0 atom stereocenters. The Morgan fingerprint density at radius 3 is 2.71 bits per heavy atom. The molecule has 2 N–H and O–H groups in total. The first-order chi connectivity index (χ1) is 6.48. The van der Waals surface area contributed by atoms with Gasteiger partial charge in [0.25, 0.3) is 0 Å². The lowest BCUT2D eigenvalue weighted by Gasteiger charge is -2.21. The van der Waals surface area contributed by atoms with E-state index in [0.29, 0.717) is 0 Å². The lowest BCUT2D eigenvalue weighted by Crippen LogP contribution is -2.32. The van der Waals surface area contributed by atoms with Crippen LogP contribution < -0.4 is 5.73 Å². The minimum absolute atomic E-state index is 0.194. The average molecular weight is 191 g/mol. The largest absolute Gasteiger partial charge is 0.322 e. The Hall–Kier alpha value is -1.15. The Kier molecular flexibility index (Phi) is 1.96. The fraction of sp³-hybridized carbons (Fsp3) is 0.333. The van der Waals surface area contributed by atoms with E-state index in [1.165, 1.54) is 11.6 Å². The third-order valence-corrected chi connectivity index (χ3v) is 2.58. The van der Waals surface area contributed by atoms with Crippen LogP contribution in [0.1, 0.15) is 25.0 Å². The summed E-state index contributed by atoms with van der Waals surface area (Å²) in [5, 5.41) is 0. The minimum atomic E-state index is -0.390. The molecule has 0 heterocycles. The second kappa shape index (κ2) is 2.92. The summed E-state index contributed by atoms with van der Waals surface area (Å²) < 4.78 is 13.1. The third-order valence-electron chi connectivity index (χ3n) is 2.58. The molecule has 0 aromatic heterocycles. The topological polar surface area (TPSA) is 26.0 Å². The van der Waals surface area contributed by atoms with E-state index >= 15 is 0 Å². The van der Waals surface area contributed by atoms with Crippen LogP contribution in [0.4, 0.5) is 4.39 Å². The Balaban J connectivity index is 2.51. The first kappa shape index (κ1) is 9.41. The van der Waals surface area contributed by atoms with Gasteiger partial charge in [-0.1, -0.05) is 12.1 Å². The molecule has 0 bridgehead atoms. The van der Waals surface area contributed by atoms with Crippen LogP contribution in [0.2, 0.25) is 0 Å². The monoisotopic (exact) mass is 191 g/mol. The number of halogens is 1. The van der Waals surface area contributed by atoms with Crippen LogP contribution in [0.15, 0.2) is 24.3 Å². The van der Waals surface area contributed by atoms with Gasteiger partial charge in [-0.15, -0.1) is 0 Å². The fourth-order valence-electron chi connectivity index (χ4n) is 1.91. The molecule has 0 fully saturated rings. The summed E-state index contributed by atoms with van der Waals surface area (Å²) in [5.41, 5.74) is 8.81. The molecule has 0 spiro atoms. The van der Waals surface area contributed by atoms with E-state index in [4.69, 9.17) is 5.73 Å². The van der Waals surface area contributed by atoms with Crippen molar-refractivity contribution >= 4 is 5.57 Å². The standard InChI is InChI=1S/C12H14FN/c1-12(2,14)11-6-4-8-3-5-9(13)7-10(8)11/h3,5-7H,4,14H2,1-2H3. The van der Waals surface area contributed by atoms with Crippen LogP contribution in [-0.2, 0) is 6.42 Å². The normalized spacial score (nSPS) is 15.3. The average Bonchev–Trinajstić information content (AvgIpc) is 2.45. The van der Waals surface area contributed by atoms with Crippen LogP contribution in [0.25, 0.3) is 5.57 Å². The summed E-state index contributed by atoms with van der Waals surface area (Å²) in [7, 11) is 0. The lowest BCUT2D eigenvalue weighted by atomic mass is 9.91. The summed E-state index contributed by atoms with van der Waals surface area (Å²) in [4.78, 5) is 0. The maximum Gasteiger partial charge on any atom is 0.123 e. The Morgan fingerprint density at radius 2 is 2.07 bits per heavy atom. The second-order valence-electron chi connectivity index (χ2n) is 4.35. The van der Waals surface area contributed by atoms with Crippen LogP contribution in [0.5, 0.6) is 0 Å². The quantitative estimate of drug-likeness (QED) is 0.725. The number of allylic oxidation sites excluding steroid dienone is 1. The number of hydrogen-bond acceptors (Lipinski definition) is 1. The van der Waals surface area contributed by atoms with Crippen LogP contribution >= 0.6 is 0 Å². The molecule has 0 unspecified atom stereocenters. The van der Waals surface area contributed by atoms with Gasteiger partial charge in [0, 0.05) is 5.54 Å². The number of fused-ring (bicyclic) bond motifs is 1. The highest BCUT2D eigenvalue weighted by atomic mass is 19.1. The molecule has 1 aromatic rings. The predicted molar refractivity (Wildman–Crippen MR) is 56.3 cm³/mol. The van der Waals surface area contributed by atoms with Gasteiger partial charge < -0.3 is 5.73 Å². The van der Waals surface area contributed by atoms with Crippen molar-refractivity contribution in [1.82, 2.24) is 0 Å². The van der Waals surface area contributed by atoms with E-state index in [1.807, 2.05) is 19.9 Å². The van der Waals surface area contributed by atoms with Crippen molar-refractivity contribution in [1.29, 1.82) is 0 Å². The van der Waals surface area contributed by atoms with Crippen molar-refractivity contribution in [2.75, 3.05) is 0 Å². The molecule has 2 heteroatoms. The van der Waals surface area contributed by atoms with Gasteiger partial charge in [-0.25, -0.2) is 4.39 Å². The van der Waals surface area contributed by atoms with E-state index in [0.717, 1.165) is 17.6 Å². The highest BCUT2D eigenvalue weighted by Crippen LogP contribution is 2.34. The Labute approximate surface area is 83.4 Å². The van der Waals surface area contributed by atoms with Crippen molar-refractivity contribution in [3.8, 4) is 0 Å². The molecule has 2 rings (SSSR count). The van der Waals surface area contributed by atoms with Gasteiger partial charge in [0.15, 0.2) is 0 Å². The smallest absolute Gasteiger partial charge is 0.123 e. The molecular formula is C12H14FN. The SMILES string of the molecule is CC(C)(N)C1=CCc2ccc(F)cc21. The molecule has 14 heavy (non-hydrogen) atoms. The van der Waals surface area contributed by atoms with Gasteiger partial charge in [-0.05, 0) is 49.1 Å². The van der Waals surface area contributed by atoms with Crippen molar-refractivity contribution in [2.45, 2.75) is 25.8 Å². The summed E-state index contributed by atoms with van der Waals surface area (Å²) in [5.74, 6) is -0.194. The molecule has 1 aromatic carbocycles. The third kappa shape index (κ3) is 1.46. The highest BCUT2D eigenvalue weighted by molar-refractivity contribution is 5.78. The molecule has 0 saturated heterocycles. The molecule has 0 aliphatic heterocycles. The van der Waals surface area contributed by atoms with E-state index in [1.54, 1.807) is 6.07 Å². The summed E-state index contributed by atoms with van der Waals surface area (Å²) >= 11 is 0. The summed E-state index contributed by atoms with van der Waals surface area (Å²) in [6, 6.07) is 4.90. The van der Waals surface area contributed by atoms with Crippen LogP contribution in [0, 0.1) is 5.82 Å². The maximum atomic E-state index is 13.1. The summed E-state index contributed by atoms with van der Waals surface area (Å²) in [6.45, 7) is 3.89. The van der Waals surface area contributed by atoms with E-state index in [9.17, 15) is 4.39 Å². The molecule has 1 aliphatic rings. The van der Waals surface area contributed by atoms with Crippen molar-refractivity contribution in [2.24, 2.45) is 5.73 Å². The van der Waals surface area contributed by atoms with Crippen LogP contribution in [-0.4, -0.2) is 5.54 Å². The number of rotatable bonds is 1. The first-order valence-corrected chi connectivity index (χ1v) is 4.77. The van der Waals surface area contributed by atoms with Crippen LogP contribution in [0.3, 0.4) is 0 Å². The first-order valence-electron chi connectivity index (χ1n) is 4.77. The molecule has 0 saturated carbocycles. The number of hydrogen-bond donors (Lipinski definition) is 1. The fourth-order valence-corrected chi connectivity index (χ4v) is 1.91. The maximum absolute atomic E-state index is 13.1. The molecule has 1 aliphatic carbocycles. The zero-order valence-electron chi connectivity index (χ0n) is 8.47. The van der Waals surface area contributed by atoms with E-state index in [-0.39, 0.29) is 11.4 Å². The zero-order chi connectivity index (χ0) is 10.3. The van der Waals surface area contributed by atoms with Gasteiger partial charge in [0.05, 0.1) is 0 Å². The van der Waals surface area contributed by atoms with Gasteiger partial charge in [-0.2, -0.15) is 0 Å². The molecule has 1 nitrogen and oxygen atoms in total. The van der Waals surface area contributed by atoms with Gasteiger partial charge in [0.2, 0.25) is 0 Å². The van der Waals surface area contributed by atoms with Gasteiger partial charge >= 0.3 is 0 Å². The Morgan fingerprint density at radius 1 is 1.36 bits per heavy atom. The predicted octanol–water partition coefficient (Wildman–Crippen LogP) is 2.50. The van der Waals surface area contributed by atoms with Gasteiger partial charge in [0.1, 0.15) is 5.82 Å². The zero-order valence-corrected chi connectivity index (χ0v) is 8.47. The molecule has 0 amide bonds. The van der Waals surface area contributed by atoms with Crippen molar-refractivity contribution < 1.29 is 4.39 Å². The van der Waals surface area contributed by atoms with E-state index < -0.39 is 0 Å². The molecular weight excluding hydrogens is 177 g/mol. The van der Waals surface area contributed by atoms with Crippen molar-refractivity contribution in [3.63, 3.8) is 0 Å². The van der Waals surface area contributed by atoms with Crippen molar-refractivity contribution in [3.05, 3.63) is 41.2 Å². The lowest BCUT2D eigenvalue weighted by molar-refractivity contribution is 0.625. The minimum Gasteiger partial charge on any atom is -0.322 e. The number of benzene rings is 1. The van der Waals surface area contributed by atoms with E-state index in [2.05, 4.69) is 6.08 Å². The summed E-state index contributed by atoms with van der Waals surface area (Å²) in [6.07, 6.45) is 2.95. The number of nitrogens with two attached hydrogens (primary N) is 1. The molecule has 74 valence electrons. The highest BCUT2D eigenvalue weighted by Gasteiger charge is 2.25. The second-order valence-corrected chi connectivity index (χ2v) is 4.35. The Bertz CT molecular complexity index is 399.